The van der Waals surface area contributed by atoms with E-state index in [9.17, 15) is 4.48 Å². The molecule has 10 heavy (non-hydrogen) atoms. The van der Waals surface area contributed by atoms with Gasteiger partial charge >= 0.3 is 0 Å². The fourth-order valence-corrected chi connectivity index (χ4v) is 0.795. The number of nitrogens with zero attached hydrogens (tertiary/aromatic N) is 1. The molecule has 0 spiro atoms. The molecule has 0 heterocycles. The molecular formula is C6H6ClFN2. The third-order valence-corrected chi connectivity index (χ3v) is 1.30. The predicted molar refractivity (Wildman–Crippen MR) is 40.3 cm³/mol. The van der Waals surface area contributed by atoms with Gasteiger partial charge in [0.05, 0.1) is 5.69 Å². The minimum atomic E-state index is -0.0324. The zero-order chi connectivity index (χ0) is 7.56. The van der Waals surface area contributed by atoms with E-state index in [1.807, 2.05) is 0 Å². The molecule has 0 unspecified atom stereocenters. The summed E-state index contributed by atoms with van der Waals surface area (Å²) in [5.74, 6) is 0. The Bertz CT molecular complexity index is 227. The highest BCUT2D eigenvalue weighted by atomic mass is 35.5. The van der Waals surface area contributed by atoms with E-state index in [2.05, 4.69) is 0 Å². The molecule has 2 nitrogen and oxygen atoms in total. The minimum absolute atomic E-state index is 0.0324. The minimum Gasteiger partial charge on any atom is -0.397 e. The molecule has 0 bridgehead atoms. The van der Waals surface area contributed by atoms with Gasteiger partial charge < -0.3 is 5.73 Å². The molecule has 0 fully saturated rings. The largest absolute Gasteiger partial charge is 0.397 e. The zero-order valence-corrected chi connectivity index (χ0v) is 5.85. The Morgan fingerprint density at radius 3 is 2.40 bits per heavy atom. The summed E-state index contributed by atoms with van der Waals surface area (Å²) < 4.78 is 12.2. The molecule has 0 aromatic heterocycles. The SMILES string of the molecule is Nc1ccccc1N(F)Cl. The van der Waals surface area contributed by atoms with E-state index in [0.717, 1.165) is 0 Å². The van der Waals surface area contributed by atoms with Gasteiger partial charge in [-0.05, 0) is 12.1 Å². The van der Waals surface area contributed by atoms with Gasteiger partial charge in [0.2, 0.25) is 0 Å². The molecule has 0 aliphatic carbocycles. The molecule has 54 valence electrons. The number of halogens is 2. The van der Waals surface area contributed by atoms with E-state index >= 15 is 0 Å². The van der Waals surface area contributed by atoms with Crippen LogP contribution in [0.15, 0.2) is 24.3 Å². The first-order chi connectivity index (χ1) is 4.72. The molecule has 0 aliphatic rings. The van der Waals surface area contributed by atoms with Gasteiger partial charge in [-0.15, -0.1) is 4.64 Å². The van der Waals surface area contributed by atoms with Crippen molar-refractivity contribution in [1.82, 2.24) is 0 Å². The Morgan fingerprint density at radius 1 is 1.40 bits per heavy atom. The molecular weight excluding hydrogens is 155 g/mol. The number of hydrogen-bond donors (Lipinski definition) is 1. The van der Waals surface area contributed by atoms with Crippen LogP contribution >= 0.6 is 11.8 Å². The van der Waals surface area contributed by atoms with Gasteiger partial charge in [0.25, 0.3) is 0 Å². The molecule has 1 aromatic rings. The van der Waals surface area contributed by atoms with Crippen molar-refractivity contribution in [3.8, 4) is 0 Å². The maximum absolute atomic E-state index is 12.2. The van der Waals surface area contributed by atoms with Crippen molar-refractivity contribution in [3.63, 3.8) is 0 Å². The monoisotopic (exact) mass is 160 g/mol. The van der Waals surface area contributed by atoms with Gasteiger partial charge in [0.15, 0.2) is 0 Å². The van der Waals surface area contributed by atoms with Crippen molar-refractivity contribution < 1.29 is 4.48 Å². The average Bonchev–Trinajstić information content (AvgIpc) is 1.88. The lowest BCUT2D eigenvalue weighted by Crippen LogP contribution is -1.98. The van der Waals surface area contributed by atoms with Gasteiger partial charge in [0.1, 0.15) is 5.69 Å². The topological polar surface area (TPSA) is 29.3 Å². The summed E-state index contributed by atoms with van der Waals surface area (Å²) in [6.07, 6.45) is 0. The second kappa shape index (κ2) is 2.75. The lowest BCUT2D eigenvalue weighted by atomic mass is 10.3. The van der Waals surface area contributed by atoms with Crippen molar-refractivity contribution in [2.24, 2.45) is 0 Å². The first-order valence-electron chi connectivity index (χ1n) is 2.68. The number of anilines is 2. The van der Waals surface area contributed by atoms with Crippen LogP contribution in [-0.2, 0) is 0 Å². The Kier molecular flexibility index (Phi) is 1.97. The summed E-state index contributed by atoms with van der Waals surface area (Å²) >= 11 is 5.00. The maximum atomic E-state index is 12.2. The first-order valence-corrected chi connectivity index (χ1v) is 3.02. The lowest BCUT2D eigenvalue weighted by molar-refractivity contribution is 0.540. The van der Waals surface area contributed by atoms with Crippen LogP contribution in [0.5, 0.6) is 0 Å². The van der Waals surface area contributed by atoms with Crippen molar-refractivity contribution in [2.45, 2.75) is 0 Å². The van der Waals surface area contributed by atoms with Crippen molar-refractivity contribution in [2.75, 3.05) is 10.4 Å². The normalized spacial score (nSPS) is 9.40. The Labute approximate surface area is 63.0 Å². The van der Waals surface area contributed by atoms with Gasteiger partial charge in [0, 0.05) is 11.8 Å². The number of para-hydroxylation sites is 2. The number of benzene rings is 1. The number of hydrogen-bond acceptors (Lipinski definition) is 2. The van der Waals surface area contributed by atoms with Crippen LogP contribution in [0.3, 0.4) is 0 Å². The van der Waals surface area contributed by atoms with Gasteiger partial charge in [-0.2, -0.15) is 0 Å². The summed E-state index contributed by atoms with van der Waals surface area (Å²) in [5.41, 5.74) is 5.85. The maximum Gasteiger partial charge on any atom is 0.111 e. The molecule has 2 N–H and O–H groups in total. The van der Waals surface area contributed by atoms with Crippen LogP contribution in [0.1, 0.15) is 0 Å². The van der Waals surface area contributed by atoms with Gasteiger partial charge in [-0.3, -0.25) is 0 Å². The second-order valence-electron chi connectivity index (χ2n) is 1.79. The zero-order valence-electron chi connectivity index (χ0n) is 5.09. The summed E-state index contributed by atoms with van der Waals surface area (Å²) in [7, 11) is 0. The molecule has 0 radical (unpaired) electrons. The molecule has 0 saturated carbocycles. The number of rotatable bonds is 1. The van der Waals surface area contributed by atoms with E-state index in [1.165, 1.54) is 6.07 Å². The van der Waals surface area contributed by atoms with Gasteiger partial charge in [-0.1, -0.05) is 16.6 Å². The molecule has 0 saturated heterocycles. The van der Waals surface area contributed by atoms with Crippen LogP contribution < -0.4 is 10.4 Å². The Balaban J connectivity index is 3.03. The molecule has 1 aromatic carbocycles. The Hall–Kier alpha value is -0.960. The second-order valence-corrected chi connectivity index (χ2v) is 2.09. The molecule has 4 heteroatoms. The average molecular weight is 161 g/mol. The van der Waals surface area contributed by atoms with Crippen molar-refractivity contribution in [3.05, 3.63) is 24.3 Å². The fraction of sp³-hybridized carbons (Fsp3) is 0. The summed E-state index contributed by atoms with van der Waals surface area (Å²) in [6.45, 7) is 0. The summed E-state index contributed by atoms with van der Waals surface area (Å²) in [6, 6.07) is 6.42. The van der Waals surface area contributed by atoms with E-state index in [-0.39, 0.29) is 10.3 Å². The highest BCUT2D eigenvalue weighted by Gasteiger charge is 2.02. The highest BCUT2D eigenvalue weighted by Crippen LogP contribution is 2.23. The van der Waals surface area contributed by atoms with Crippen LogP contribution in [0, 0.1) is 0 Å². The van der Waals surface area contributed by atoms with E-state index in [1.54, 1.807) is 18.2 Å². The molecule has 1 rings (SSSR count). The smallest absolute Gasteiger partial charge is 0.111 e. The van der Waals surface area contributed by atoms with Crippen LogP contribution in [0.25, 0.3) is 0 Å². The van der Waals surface area contributed by atoms with Crippen molar-refractivity contribution in [1.29, 1.82) is 0 Å². The van der Waals surface area contributed by atoms with Crippen LogP contribution in [0.4, 0.5) is 15.9 Å². The lowest BCUT2D eigenvalue weighted by Gasteiger charge is -2.05. The number of nitrogens with two attached hydrogens (primary N) is 1. The third kappa shape index (κ3) is 1.30. The van der Waals surface area contributed by atoms with E-state index in [0.29, 0.717) is 5.69 Å². The van der Waals surface area contributed by atoms with Crippen LogP contribution in [-0.4, -0.2) is 0 Å². The van der Waals surface area contributed by atoms with Crippen LogP contribution in [0.2, 0.25) is 0 Å². The molecule has 0 atom stereocenters. The molecule has 0 aliphatic heterocycles. The van der Waals surface area contributed by atoms with Gasteiger partial charge in [-0.25, -0.2) is 0 Å². The third-order valence-electron chi connectivity index (χ3n) is 1.12. The van der Waals surface area contributed by atoms with E-state index < -0.39 is 0 Å². The quantitative estimate of drug-likeness (QED) is 0.504. The van der Waals surface area contributed by atoms with E-state index in [4.69, 9.17) is 17.5 Å². The summed E-state index contributed by atoms with van der Waals surface area (Å²) in [4.78, 5) is 0. The summed E-state index contributed by atoms with van der Waals surface area (Å²) in [5, 5.41) is 0. The number of nitrogen functional groups attached to an aromatic ring is 1. The standard InChI is InChI=1S/C6H6ClFN2/c7-10(8)6-4-2-1-3-5(6)9/h1-4H,9H2. The molecule has 0 amide bonds. The predicted octanol–water partition coefficient (Wildman–Crippen LogP) is 2.11. The fourth-order valence-electron chi connectivity index (χ4n) is 0.641. The first kappa shape index (κ1) is 7.15. The van der Waals surface area contributed by atoms with Crippen molar-refractivity contribution >= 4 is 23.2 Å². The Morgan fingerprint density at radius 2 is 2.00 bits per heavy atom. The highest BCUT2D eigenvalue weighted by molar-refractivity contribution is 6.24.